The molecule has 0 amide bonds. The molecule has 0 aromatic carbocycles. The van der Waals surface area contributed by atoms with E-state index in [0.29, 0.717) is 23.0 Å². The second-order valence-corrected chi connectivity index (χ2v) is 12.0. The van der Waals surface area contributed by atoms with E-state index in [4.69, 9.17) is 0 Å². The van der Waals surface area contributed by atoms with Crippen molar-refractivity contribution in [1.82, 2.24) is 0 Å². The van der Waals surface area contributed by atoms with Crippen molar-refractivity contribution in [2.75, 3.05) is 0 Å². The van der Waals surface area contributed by atoms with Crippen molar-refractivity contribution in [3.05, 3.63) is 12.2 Å². The Morgan fingerprint density at radius 3 is 2.57 bits per heavy atom. The molecule has 3 saturated carbocycles. The van der Waals surface area contributed by atoms with Crippen molar-refractivity contribution in [3.63, 3.8) is 0 Å². The van der Waals surface area contributed by atoms with Crippen LogP contribution in [-0.4, -0.2) is 5.78 Å². The third-order valence-corrected chi connectivity index (χ3v) is 10.1. The van der Waals surface area contributed by atoms with Crippen LogP contribution >= 0.6 is 0 Å². The number of hydrogen-bond donors (Lipinski definition) is 0. The van der Waals surface area contributed by atoms with Gasteiger partial charge in [-0.1, -0.05) is 66.0 Å². The van der Waals surface area contributed by atoms with Crippen LogP contribution in [0, 0.1) is 52.3 Å². The number of rotatable bonds is 5. The molecule has 0 aromatic rings. The van der Waals surface area contributed by atoms with Crippen LogP contribution in [0.4, 0.5) is 0 Å². The van der Waals surface area contributed by atoms with E-state index in [1.54, 1.807) is 0 Å². The quantitative estimate of drug-likeness (QED) is 0.450. The summed E-state index contributed by atoms with van der Waals surface area (Å²) in [7, 11) is 0. The van der Waals surface area contributed by atoms with E-state index in [9.17, 15) is 4.79 Å². The maximum Gasteiger partial charge on any atom is 0.137 e. The van der Waals surface area contributed by atoms with Crippen LogP contribution in [0.1, 0.15) is 98.8 Å². The van der Waals surface area contributed by atoms with Crippen molar-refractivity contribution in [1.29, 1.82) is 0 Å². The fourth-order valence-corrected chi connectivity index (χ4v) is 8.66. The normalized spacial score (nSPS) is 46.2. The molecular weight excluding hydrogens is 340 g/mol. The number of fused-ring (bicyclic) bond motifs is 5. The zero-order chi connectivity index (χ0) is 20.1. The van der Waals surface area contributed by atoms with Crippen molar-refractivity contribution in [2.24, 2.45) is 52.3 Å². The monoisotopic (exact) mass is 384 g/mol. The number of carbonyl (C=O) groups is 1. The van der Waals surface area contributed by atoms with E-state index in [1.165, 1.54) is 44.9 Å². The van der Waals surface area contributed by atoms with Crippen molar-refractivity contribution in [3.8, 4) is 0 Å². The molecule has 4 rings (SSSR count). The van der Waals surface area contributed by atoms with Gasteiger partial charge in [-0.15, -0.1) is 0 Å². The third kappa shape index (κ3) is 3.24. The number of Topliss-reactive ketones (excluding diaryl/α,β-unsaturated/α-hetero) is 1. The number of carbonyl (C=O) groups excluding carboxylic acids is 1. The lowest BCUT2D eigenvalue weighted by Gasteiger charge is -2.58. The fraction of sp³-hybridized carbons (Fsp3) is 0.889. The molecule has 0 spiro atoms. The zero-order valence-corrected chi connectivity index (χ0v) is 19.2. The highest BCUT2D eigenvalue weighted by atomic mass is 16.1. The Bertz CT molecular complexity index is 618. The molecule has 0 aliphatic heterocycles. The molecule has 1 nitrogen and oxygen atoms in total. The second-order valence-electron chi connectivity index (χ2n) is 12.0. The van der Waals surface area contributed by atoms with Gasteiger partial charge in [-0.05, 0) is 84.9 Å². The minimum Gasteiger partial charge on any atom is -0.299 e. The maximum atomic E-state index is 13.2. The molecule has 3 fully saturated rings. The standard InChI is InChI=1S/C27H44O/c1-18(2)9-8-10-19(3)21-12-13-22-20-17-25(28)24-11-6-7-15-26(24,4)23(20)14-16-27(21,22)5/h7,15,18-24H,6,8-14,16-17H2,1-5H3/t19-,20+,21-,22+,23+,24?,26-,27-/m1/s1. The first-order valence-electron chi connectivity index (χ1n) is 12.5. The predicted octanol–water partition coefficient (Wildman–Crippen LogP) is 7.45. The van der Waals surface area contributed by atoms with Gasteiger partial charge < -0.3 is 0 Å². The second kappa shape index (κ2) is 7.59. The SMILES string of the molecule is CC(C)CCC[C@@H](C)[C@H]1CC[C@H]2[C@@H]3CC(=O)C4CCC=C[C@]4(C)[C@H]3CC[C@]12C. The van der Waals surface area contributed by atoms with Gasteiger partial charge in [0.05, 0.1) is 0 Å². The zero-order valence-electron chi connectivity index (χ0n) is 19.2. The van der Waals surface area contributed by atoms with Crippen LogP contribution in [0.3, 0.4) is 0 Å². The van der Waals surface area contributed by atoms with Crippen molar-refractivity contribution < 1.29 is 4.79 Å². The smallest absolute Gasteiger partial charge is 0.137 e. The van der Waals surface area contributed by atoms with Gasteiger partial charge in [0.2, 0.25) is 0 Å². The average Bonchev–Trinajstić information content (AvgIpc) is 2.99. The van der Waals surface area contributed by atoms with Crippen LogP contribution in [0.5, 0.6) is 0 Å². The van der Waals surface area contributed by atoms with E-state index in [0.717, 1.165) is 48.9 Å². The molecule has 0 aromatic heterocycles. The van der Waals surface area contributed by atoms with Crippen LogP contribution in [0.15, 0.2) is 12.2 Å². The summed E-state index contributed by atoms with van der Waals surface area (Å²) < 4.78 is 0. The highest BCUT2D eigenvalue weighted by molar-refractivity contribution is 5.83. The van der Waals surface area contributed by atoms with Crippen molar-refractivity contribution >= 4 is 5.78 Å². The first-order valence-corrected chi connectivity index (χ1v) is 12.5. The topological polar surface area (TPSA) is 17.1 Å². The molecule has 4 aliphatic rings. The number of hydrogen-bond acceptors (Lipinski definition) is 1. The molecule has 1 heteroatoms. The minimum atomic E-state index is 0.153. The number of allylic oxidation sites excluding steroid dienone is 2. The van der Waals surface area contributed by atoms with Gasteiger partial charge in [-0.3, -0.25) is 4.79 Å². The Labute approximate surface area is 174 Å². The van der Waals surface area contributed by atoms with Crippen LogP contribution in [-0.2, 0) is 4.79 Å². The Hall–Kier alpha value is -0.590. The Balaban J connectivity index is 1.52. The maximum absolute atomic E-state index is 13.2. The van der Waals surface area contributed by atoms with Gasteiger partial charge in [0.25, 0.3) is 0 Å². The summed E-state index contributed by atoms with van der Waals surface area (Å²) in [6.07, 6.45) is 17.7. The van der Waals surface area contributed by atoms with E-state index < -0.39 is 0 Å². The number of ketones is 1. The van der Waals surface area contributed by atoms with E-state index >= 15 is 0 Å². The summed E-state index contributed by atoms with van der Waals surface area (Å²) in [5, 5.41) is 0. The molecule has 0 saturated heterocycles. The Kier molecular flexibility index (Phi) is 5.60. The highest BCUT2D eigenvalue weighted by Crippen LogP contribution is 2.67. The molecular formula is C27H44O. The van der Waals surface area contributed by atoms with Crippen LogP contribution in [0.25, 0.3) is 0 Å². The lowest BCUT2D eigenvalue weighted by Crippen LogP contribution is -2.55. The van der Waals surface area contributed by atoms with Gasteiger partial charge in [0, 0.05) is 12.3 Å². The van der Waals surface area contributed by atoms with Gasteiger partial charge in [-0.25, -0.2) is 0 Å². The lowest BCUT2D eigenvalue weighted by molar-refractivity contribution is -0.145. The summed E-state index contributed by atoms with van der Waals surface area (Å²) in [5.41, 5.74) is 0.640. The van der Waals surface area contributed by atoms with Gasteiger partial charge >= 0.3 is 0 Å². The molecule has 1 unspecified atom stereocenters. The summed E-state index contributed by atoms with van der Waals surface area (Å²) in [6.45, 7) is 12.3. The molecule has 0 N–H and O–H groups in total. The fourth-order valence-electron chi connectivity index (χ4n) is 8.66. The van der Waals surface area contributed by atoms with Gasteiger partial charge in [-0.2, -0.15) is 0 Å². The molecule has 0 radical (unpaired) electrons. The van der Waals surface area contributed by atoms with Gasteiger partial charge in [0.15, 0.2) is 0 Å². The highest BCUT2D eigenvalue weighted by Gasteiger charge is 2.61. The van der Waals surface area contributed by atoms with E-state index in [-0.39, 0.29) is 5.41 Å². The average molecular weight is 385 g/mol. The summed E-state index contributed by atoms with van der Waals surface area (Å²) in [6, 6.07) is 0. The van der Waals surface area contributed by atoms with Crippen molar-refractivity contribution in [2.45, 2.75) is 98.8 Å². The molecule has 158 valence electrons. The van der Waals surface area contributed by atoms with Crippen LogP contribution < -0.4 is 0 Å². The minimum absolute atomic E-state index is 0.153. The Morgan fingerprint density at radius 2 is 1.82 bits per heavy atom. The molecule has 4 aliphatic carbocycles. The Morgan fingerprint density at radius 1 is 1.04 bits per heavy atom. The molecule has 0 bridgehead atoms. The first kappa shape index (κ1) is 20.7. The molecule has 28 heavy (non-hydrogen) atoms. The lowest BCUT2D eigenvalue weighted by atomic mass is 9.45. The summed E-state index contributed by atoms with van der Waals surface area (Å²) >= 11 is 0. The predicted molar refractivity (Wildman–Crippen MR) is 118 cm³/mol. The summed E-state index contributed by atoms with van der Waals surface area (Å²) in [5.74, 6) is 5.68. The van der Waals surface area contributed by atoms with E-state index in [1.807, 2.05) is 0 Å². The third-order valence-electron chi connectivity index (χ3n) is 10.1. The first-order chi connectivity index (χ1) is 13.3. The molecule has 0 heterocycles. The largest absolute Gasteiger partial charge is 0.299 e. The molecule has 8 atom stereocenters. The van der Waals surface area contributed by atoms with Gasteiger partial charge in [0.1, 0.15) is 5.78 Å². The summed E-state index contributed by atoms with van der Waals surface area (Å²) in [4.78, 5) is 13.2. The van der Waals surface area contributed by atoms with E-state index in [2.05, 4.69) is 46.8 Å². The van der Waals surface area contributed by atoms with Crippen LogP contribution in [0.2, 0.25) is 0 Å².